The Labute approximate surface area is 110 Å². The van der Waals surface area contributed by atoms with Crippen LogP contribution in [0, 0.1) is 5.41 Å². The summed E-state index contributed by atoms with van der Waals surface area (Å²) in [4.78, 5) is 11.2. The van der Waals surface area contributed by atoms with Crippen molar-refractivity contribution in [2.45, 2.75) is 44.8 Å². The Kier molecular flexibility index (Phi) is 5.79. The van der Waals surface area contributed by atoms with Crippen LogP contribution in [0.2, 0.25) is 0 Å². The number of alkyl halides is 4. The maximum atomic E-state index is 12.9. The number of esters is 1. The minimum atomic E-state index is -5.10. The summed E-state index contributed by atoms with van der Waals surface area (Å²) in [5, 5.41) is -5.10. The molecule has 0 spiro atoms. The van der Waals surface area contributed by atoms with Gasteiger partial charge < -0.3 is 4.74 Å². The predicted octanol–water partition coefficient (Wildman–Crippen LogP) is 2.20. The summed E-state index contributed by atoms with van der Waals surface area (Å²) >= 11 is 0. The second kappa shape index (κ2) is 6.06. The van der Waals surface area contributed by atoms with E-state index in [0.717, 1.165) is 0 Å². The van der Waals surface area contributed by atoms with Gasteiger partial charge in [0.25, 0.3) is 0 Å². The average molecular weight is 308 g/mol. The van der Waals surface area contributed by atoms with E-state index in [4.69, 9.17) is 0 Å². The largest absolute Gasteiger partial charge is 0.465 e. The van der Waals surface area contributed by atoms with Crippen LogP contribution in [0.15, 0.2) is 0 Å². The van der Waals surface area contributed by atoms with Crippen LogP contribution in [0.5, 0.6) is 0 Å². The fourth-order valence-electron chi connectivity index (χ4n) is 0.960. The second-order valence-electron chi connectivity index (χ2n) is 4.99. The molecule has 0 aliphatic heterocycles. The molecule has 0 aromatic rings. The first kappa shape index (κ1) is 18.1. The maximum Gasteiger partial charge on any atom is 0.404 e. The lowest BCUT2D eigenvalue weighted by molar-refractivity contribution is -0.165. The molecule has 0 radical (unpaired) electrons. The number of ether oxygens (including phenoxy) is 1. The number of rotatable bonds is 6. The highest BCUT2D eigenvalue weighted by Gasteiger charge is 2.58. The molecule has 0 heterocycles. The molecule has 19 heavy (non-hydrogen) atoms. The first-order chi connectivity index (χ1) is 8.32. The number of hydrogen-bond donors (Lipinski definition) is 1. The minimum absolute atomic E-state index is 0.475. The molecule has 0 aliphatic carbocycles. The number of carbonyl (C=O) groups excluding carboxylic acids is 1. The van der Waals surface area contributed by atoms with E-state index in [2.05, 4.69) is 4.74 Å². The van der Waals surface area contributed by atoms with Crippen LogP contribution in [-0.4, -0.2) is 32.2 Å². The van der Waals surface area contributed by atoms with Crippen molar-refractivity contribution in [3.63, 3.8) is 0 Å². The first-order valence-electron chi connectivity index (χ1n) is 5.40. The molecule has 0 unspecified atom stereocenters. The normalized spacial score (nSPS) is 13.7. The highest BCUT2D eigenvalue weighted by atomic mass is 32.2. The molecule has 0 atom stereocenters. The molecular weight excluding hydrogens is 292 g/mol. The van der Waals surface area contributed by atoms with Crippen molar-refractivity contribution in [1.29, 1.82) is 0 Å². The Balaban J connectivity index is 4.33. The molecule has 114 valence electrons. The van der Waals surface area contributed by atoms with Gasteiger partial charge in [-0.1, -0.05) is 0 Å². The lowest BCUT2D eigenvalue weighted by Crippen LogP contribution is -2.41. The van der Waals surface area contributed by atoms with Gasteiger partial charge in [0.1, 0.15) is 0 Å². The van der Waals surface area contributed by atoms with Crippen molar-refractivity contribution in [3.8, 4) is 0 Å². The van der Waals surface area contributed by atoms with Gasteiger partial charge in [-0.2, -0.15) is 17.6 Å². The van der Waals surface area contributed by atoms with E-state index in [1.807, 2.05) is 0 Å². The molecule has 0 saturated heterocycles. The maximum absolute atomic E-state index is 12.9. The van der Waals surface area contributed by atoms with Gasteiger partial charge in [-0.25, -0.2) is 8.42 Å². The Morgan fingerprint density at radius 2 is 1.58 bits per heavy atom. The Bertz CT molecular complexity index is 391. The van der Waals surface area contributed by atoms with Crippen molar-refractivity contribution in [3.05, 3.63) is 0 Å². The molecule has 0 amide bonds. The third kappa shape index (κ3) is 4.96. The third-order valence-corrected chi connectivity index (χ3v) is 2.94. The minimum Gasteiger partial charge on any atom is -0.465 e. The summed E-state index contributed by atoms with van der Waals surface area (Å²) in [5.41, 5.74) is -0.829. The quantitative estimate of drug-likeness (QED) is 0.354. The second-order valence-corrected chi connectivity index (χ2v) is 6.07. The van der Waals surface area contributed by atoms with Gasteiger partial charge in [-0.3, -0.25) is 4.79 Å². The molecule has 0 bridgehead atoms. The monoisotopic (exact) mass is 308 g/mol. The highest BCUT2D eigenvalue weighted by Crippen LogP contribution is 2.38. The summed E-state index contributed by atoms with van der Waals surface area (Å²) in [6, 6.07) is 0. The van der Waals surface area contributed by atoms with E-state index in [9.17, 15) is 30.8 Å². The summed E-state index contributed by atoms with van der Waals surface area (Å²) in [6.07, 6.45) is -1.95. The van der Waals surface area contributed by atoms with Crippen molar-refractivity contribution in [2.75, 3.05) is 6.61 Å². The van der Waals surface area contributed by atoms with Crippen LogP contribution in [0.25, 0.3) is 0 Å². The zero-order chi connectivity index (χ0) is 15.5. The standard InChI is InChI=1S/C10H16F4O4S/c1-8(2,3)7(15)18-6-4-5-9(11,12)10(13,14)19(16)17/h19H,4-6H2,1-3H3. The number of thiol groups is 1. The Hall–Kier alpha value is -0.860. The van der Waals surface area contributed by atoms with E-state index < -0.39 is 52.7 Å². The third-order valence-electron chi connectivity index (χ3n) is 2.15. The smallest absolute Gasteiger partial charge is 0.404 e. The molecule has 0 aliphatic rings. The van der Waals surface area contributed by atoms with Crippen LogP contribution >= 0.6 is 0 Å². The van der Waals surface area contributed by atoms with Crippen LogP contribution < -0.4 is 0 Å². The molecule has 0 aromatic heterocycles. The van der Waals surface area contributed by atoms with Gasteiger partial charge in [-0.15, -0.1) is 0 Å². The lowest BCUT2D eigenvalue weighted by Gasteiger charge is -2.22. The molecule has 0 saturated carbocycles. The van der Waals surface area contributed by atoms with Gasteiger partial charge in [0.15, 0.2) is 0 Å². The molecule has 4 nitrogen and oxygen atoms in total. The summed E-state index contributed by atoms with van der Waals surface area (Å²) in [6.45, 7) is 4.15. The van der Waals surface area contributed by atoms with Gasteiger partial charge >= 0.3 is 17.1 Å². The Morgan fingerprint density at radius 1 is 1.11 bits per heavy atom. The van der Waals surface area contributed by atoms with Crippen molar-refractivity contribution in [2.24, 2.45) is 5.41 Å². The van der Waals surface area contributed by atoms with Gasteiger partial charge in [0, 0.05) is 6.42 Å². The molecule has 0 aromatic carbocycles. The van der Waals surface area contributed by atoms with Crippen molar-refractivity contribution >= 4 is 16.7 Å². The molecule has 0 fully saturated rings. The van der Waals surface area contributed by atoms with Crippen molar-refractivity contribution < 1.29 is 35.5 Å². The lowest BCUT2D eigenvalue weighted by atomic mass is 9.97. The molecular formula is C10H16F4O4S. The SMILES string of the molecule is CC(C)(C)C(=O)OCCCC(F)(F)C(F)(F)[SH](=O)=O. The number of halogens is 4. The number of hydrogen-bond acceptors (Lipinski definition) is 4. The van der Waals surface area contributed by atoms with E-state index in [1.165, 1.54) is 0 Å². The predicted molar refractivity (Wildman–Crippen MR) is 59.9 cm³/mol. The van der Waals surface area contributed by atoms with Crippen LogP contribution in [-0.2, 0) is 20.2 Å². The van der Waals surface area contributed by atoms with Gasteiger partial charge in [-0.05, 0) is 27.2 Å². The molecule has 9 heteroatoms. The zero-order valence-electron chi connectivity index (χ0n) is 10.7. The highest BCUT2D eigenvalue weighted by molar-refractivity contribution is 7.73. The summed E-state index contributed by atoms with van der Waals surface area (Å²) in [7, 11) is -4.57. The van der Waals surface area contributed by atoms with Crippen LogP contribution in [0.1, 0.15) is 33.6 Å². The van der Waals surface area contributed by atoms with Crippen LogP contribution in [0.4, 0.5) is 17.6 Å². The molecule has 0 N–H and O–H groups in total. The first-order valence-corrected chi connectivity index (χ1v) is 6.57. The topological polar surface area (TPSA) is 60.4 Å². The van der Waals surface area contributed by atoms with E-state index >= 15 is 0 Å². The van der Waals surface area contributed by atoms with E-state index in [1.54, 1.807) is 20.8 Å². The molecule has 0 rings (SSSR count). The van der Waals surface area contributed by atoms with Crippen LogP contribution in [0.3, 0.4) is 0 Å². The average Bonchev–Trinajstić information content (AvgIpc) is 2.22. The summed E-state index contributed by atoms with van der Waals surface area (Å²) < 4.78 is 75.9. The van der Waals surface area contributed by atoms with E-state index in [-0.39, 0.29) is 0 Å². The summed E-state index contributed by atoms with van der Waals surface area (Å²) in [5.74, 6) is -5.34. The number of carbonyl (C=O) groups is 1. The van der Waals surface area contributed by atoms with Gasteiger partial charge in [0.2, 0.25) is 10.7 Å². The zero-order valence-corrected chi connectivity index (χ0v) is 11.6. The van der Waals surface area contributed by atoms with Gasteiger partial charge in [0.05, 0.1) is 12.0 Å². The Morgan fingerprint density at radius 3 is 1.95 bits per heavy atom. The fraction of sp³-hybridized carbons (Fsp3) is 0.900. The van der Waals surface area contributed by atoms with E-state index in [0.29, 0.717) is 0 Å². The van der Waals surface area contributed by atoms with Crippen molar-refractivity contribution in [1.82, 2.24) is 0 Å². The fourth-order valence-corrected chi connectivity index (χ4v) is 1.34.